The molecule has 2 fully saturated rings. The van der Waals surface area contributed by atoms with Gasteiger partial charge in [-0.1, -0.05) is 30.3 Å². The number of carbonyl (C=O) groups is 4. The Kier molecular flexibility index (Phi) is 6.82. The van der Waals surface area contributed by atoms with E-state index in [2.05, 4.69) is 5.32 Å². The van der Waals surface area contributed by atoms with Crippen LogP contribution in [-0.4, -0.2) is 58.1 Å². The molecule has 0 aliphatic carbocycles. The zero-order valence-corrected chi connectivity index (χ0v) is 18.1. The predicted octanol–water partition coefficient (Wildman–Crippen LogP) is 2.15. The summed E-state index contributed by atoms with van der Waals surface area (Å²) in [7, 11) is 0. The number of alkyl carbamates (subject to hydrolysis) is 1. The van der Waals surface area contributed by atoms with Gasteiger partial charge in [0.2, 0.25) is 5.91 Å². The molecular weight excluding hydrogens is 402 g/mol. The van der Waals surface area contributed by atoms with Gasteiger partial charge in [0.15, 0.2) is 6.04 Å². The molecular formula is C22H29N3O6. The molecule has 0 unspecified atom stereocenters. The van der Waals surface area contributed by atoms with E-state index < -0.39 is 35.7 Å². The van der Waals surface area contributed by atoms with Crippen molar-refractivity contribution in [3.05, 3.63) is 35.9 Å². The van der Waals surface area contributed by atoms with E-state index in [4.69, 9.17) is 9.47 Å². The van der Waals surface area contributed by atoms with E-state index in [9.17, 15) is 19.2 Å². The normalized spacial score (nSPS) is 21.8. The molecule has 2 saturated heterocycles. The SMILES string of the molecule is CC(C)(C)OC(=O)[C@@H]1CCCN2C(=O)CC[C@H](NC(=O)OCc3ccccc3)C(=O)N12. The summed E-state index contributed by atoms with van der Waals surface area (Å²) >= 11 is 0. The van der Waals surface area contributed by atoms with E-state index >= 15 is 0 Å². The number of nitrogens with one attached hydrogen (secondary N) is 1. The summed E-state index contributed by atoms with van der Waals surface area (Å²) in [6.07, 6.45) is 0.416. The Morgan fingerprint density at radius 2 is 1.84 bits per heavy atom. The Balaban J connectivity index is 1.71. The van der Waals surface area contributed by atoms with Gasteiger partial charge in [-0.15, -0.1) is 0 Å². The largest absolute Gasteiger partial charge is 0.458 e. The quantitative estimate of drug-likeness (QED) is 0.733. The second kappa shape index (κ2) is 9.36. The summed E-state index contributed by atoms with van der Waals surface area (Å²) in [6, 6.07) is 7.28. The zero-order chi connectivity index (χ0) is 22.6. The van der Waals surface area contributed by atoms with Gasteiger partial charge in [0.05, 0.1) is 0 Å². The molecule has 3 rings (SSSR count). The highest BCUT2D eigenvalue weighted by atomic mass is 16.6. The number of hydrogen-bond donors (Lipinski definition) is 1. The summed E-state index contributed by atoms with van der Waals surface area (Å²) in [5, 5.41) is 5.05. The third kappa shape index (κ3) is 5.74. The first-order valence-corrected chi connectivity index (χ1v) is 10.5. The Morgan fingerprint density at radius 1 is 1.13 bits per heavy atom. The maximum Gasteiger partial charge on any atom is 0.408 e. The highest BCUT2D eigenvalue weighted by Crippen LogP contribution is 2.26. The minimum absolute atomic E-state index is 0.0584. The number of benzene rings is 1. The smallest absolute Gasteiger partial charge is 0.408 e. The zero-order valence-electron chi connectivity index (χ0n) is 18.1. The number of rotatable bonds is 4. The molecule has 9 heteroatoms. The van der Waals surface area contributed by atoms with Crippen LogP contribution in [0.2, 0.25) is 0 Å². The maximum atomic E-state index is 13.3. The van der Waals surface area contributed by atoms with Gasteiger partial charge in [0.1, 0.15) is 18.2 Å². The molecule has 2 atom stereocenters. The molecule has 1 N–H and O–H groups in total. The summed E-state index contributed by atoms with van der Waals surface area (Å²) in [6.45, 7) is 5.63. The second-order valence-corrected chi connectivity index (χ2v) is 8.69. The number of esters is 1. The van der Waals surface area contributed by atoms with Gasteiger partial charge in [0.25, 0.3) is 5.91 Å². The summed E-state index contributed by atoms with van der Waals surface area (Å²) in [5.74, 6) is -1.34. The van der Waals surface area contributed by atoms with Crippen molar-refractivity contribution in [1.29, 1.82) is 0 Å². The average Bonchev–Trinajstić information content (AvgIpc) is 2.84. The van der Waals surface area contributed by atoms with Crippen molar-refractivity contribution in [3.63, 3.8) is 0 Å². The van der Waals surface area contributed by atoms with Crippen molar-refractivity contribution in [3.8, 4) is 0 Å². The molecule has 0 aromatic heterocycles. The molecule has 0 radical (unpaired) electrons. The molecule has 1 aromatic carbocycles. The van der Waals surface area contributed by atoms with Crippen LogP contribution < -0.4 is 5.32 Å². The van der Waals surface area contributed by atoms with E-state index in [0.717, 1.165) is 5.56 Å². The fraction of sp³-hybridized carbons (Fsp3) is 0.545. The van der Waals surface area contributed by atoms with E-state index in [1.807, 2.05) is 30.3 Å². The van der Waals surface area contributed by atoms with Crippen LogP contribution in [-0.2, 0) is 30.5 Å². The second-order valence-electron chi connectivity index (χ2n) is 8.69. The van der Waals surface area contributed by atoms with Crippen LogP contribution in [0.15, 0.2) is 30.3 Å². The lowest BCUT2D eigenvalue weighted by Crippen LogP contribution is -2.62. The molecule has 0 bridgehead atoms. The average molecular weight is 431 g/mol. The fourth-order valence-corrected chi connectivity index (χ4v) is 3.66. The molecule has 0 spiro atoms. The third-order valence-electron chi connectivity index (χ3n) is 5.05. The van der Waals surface area contributed by atoms with Crippen LogP contribution in [0.1, 0.15) is 52.0 Å². The van der Waals surface area contributed by atoms with Crippen molar-refractivity contribution in [1.82, 2.24) is 15.3 Å². The fourth-order valence-electron chi connectivity index (χ4n) is 3.66. The Labute approximate surface area is 181 Å². The first-order valence-electron chi connectivity index (χ1n) is 10.5. The molecule has 3 amide bonds. The Hall–Kier alpha value is -3.10. The number of hydrazine groups is 1. The molecule has 168 valence electrons. The summed E-state index contributed by atoms with van der Waals surface area (Å²) in [4.78, 5) is 50.9. The number of fused-ring (bicyclic) bond motifs is 1. The lowest BCUT2D eigenvalue weighted by molar-refractivity contribution is -0.187. The van der Waals surface area contributed by atoms with Crippen LogP contribution in [0.4, 0.5) is 4.79 Å². The van der Waals surface area contributed by atoms with Gasteiger partial charge < -0.3 is 14.8 Å². The number of nitrogens with zero attached hydrogens (tertiary/aromatic N) is 2. The van der Waals surface area contributed by atoms with Gasteiger partial charge in [-0.2, -0.15) is 0 Å². The Morgan fingerprint density at radius 3 is 2.52 bits per heavy atom. The molecule has 2 aliphatic rings. The van der Waals surface area contributed by atoms with Gasteiger partial charge >= 0.3 is 12.1 Å². The minimum atomic E-state index is -0.972. The lowest BCUT2D eigenvalue weighted by Gasteiger charge is -2.43. The highest BCUT2D eigenvalue weighted by Gasteiger charge is 2.45. The van der Waals surface area contributed by atoms with Gasteiger partial charge in [-0.3, -0.25) is 14.6 Å². The van der Waals surface area contributed by atoms with E-state index in [-0.39, 0.29) is 25.4 Å². The van der Waals surface area contributed by atoms with E-state index in [1.165, 1.54) is 10.0 Å². The molecule has 9 nitrogen and oxygen atoms in total. The molecule has 0 saturated carbocycles. The number of hydrogen-bond acceptors (Lipinski definition) is 6. The summed E-state index contributed by atoms with van der Waals surface area (Å²) in [5.41, 5.74) is 0.0872. The van der Waals surface area contributed by atoms with E-state index in [0.29, 0.717) is 19.4 Å². The highest BCUT2D eigenvalue weighted by molar-refractivity contribution is 5.93. The van der Waals surface area contributed by atoms with Crippen molar-refractivity contribution >= 4 is 23.9 Å². The van der Waals surface area contributed by atoms with Crippen LogP contribution in [0.3, 0.4) is 0 Å². The Bertz CT molecular complexity index is 835. The van der Waals surface area contributed by atoms with Crippen molar-refractivity contribution in [2.75, 3.05) is 6.54 Å². The third-order valence-corrected chi connectivity index (χ3v) is 5.05. The van der Waals surface area contributed by atoms with Crippen LogP contribution in [0.25, 0.3) is 0 Å². The predicted molar refractivity (Wildman–Crippen MR) is 110 cm³/mol. The first-order chi connectivity index (χ1) is 14.7. The number of ether oxygens (including phenoxy) is 2. The molecule has 31 heavy (non-hydrogen) atoms. The van der Waals surface area contributed by atoms with Crippen LogP contribution in [0.5, 0.6) is 0 Å². The maximum absolute atomic E-state index is 13.3. The number of amides is 3. The monoisotopic (exact) mass is 431 g/mol. The van der Waals surface area contributed by atoms with Crippen LogP contribution in [0, 0.1) is 0 Å². The van der Waals surface area contributed by atoms with Gasteiger partial charge in [-0.25, -0.2) is 14.6 Å². The standard InChI is InChI=1S/C22H29N3O6/c1-22(2,3)31-20(28)17-10-7-13-24-18(26)12-11-16(19(27)25(17)24)23-21(29)30-14-15-8-5-4-6-9-15/h4-6,8-9,16-17H,7,10-14H2,1-3H3,(H,23,29)/t16-,17-/m0/s1. The first kappa shape index (κ1) is 22.6. The van der Waals surface area contributed by atoms with Crippen LogP contribution >= 0.6 is 0 Å². The molecule has 1 aromatic rings. The number of carbonyl (C=O) groups excluding carboxylic acids is 4. The summed E-state index contributed by atoms with van der Waals surface area (Å²) < 4.78 is 10.7. The topological polar surface area (TPSA) is 105 Å². The van der Waals surface area contributed by atoms with Crippen molar-refractivity contribution in [2.24, 2.45) is 0 Å². The molecule has 2 heterocycles. The minimum Gasteiger partial charge on any atom is -0.458 e. The van der Waals surface area contributed by atoms with E-state index in [1.54, 1.807) is 20.8 Å². The lowest BCUT2D eigenvalue weighted by atomic mass is 10.1. The molecule has 2 aliphatic heterocycles. The van der Waals surface area contributed by atoms with Crippen molar-refractivity contribution < 1.29 is 28.7 Å². The van der Waals surface area contributed by atoms with Gasteiger partial charge in [-0.05, 0) is 45.6 Å². The van der Waals surface area contributed by atoms with Crippen molar-refractivity contribution in [2.45, 2.75) is 70.7 Å². The van der Waals surface area contributed by atoms with Gasteiger partial charge in [0, 0.05) is 13.0 Å².